The number of aromatic nitrogens is 1. The SMILES string of the molecule is O=C1c2ccc(Cl)cc2CCN1c1cncc(CNc2cccc(P)c2)c1. The Hall–Kier alpha value is -2.42. The standard InChI is InChI=1S/C21H19ClN3OP/c22-16-4-5-20-15(9-16)6-7-25(21(20)26)18-8-14(11-23-13-18)12-24-17-2-1-3-19(27)10-17/h1-5,8-11,13,24H,6-7,12,27H2. The lowest BCUT2D eigenvalue weighted by atomic mass is 9.98. The zero-order valence-corrected chi connectivity index (χ0v) is 16.6. The molecule has 2 aromatic carbocycles. The molecule has 4 nitrogen and oxygen atoms in total. The fraction of sp³-hybridized carbons (Fsp3) is 0.143. The molecule has 136 valence electrons. The number of hydrogen-bond acceptors (Lipinski definition) is 3. The molecule has 0 saturated carbocycles. The molecule has 1 aliphatic rings. The van der Waals surface area contributed by atoms with Crippen molar-refractivity contribution in [3.05, 3.63) is 82.6 Å². The smallest absolute Gasteiger partial charge is 0.258 e. The summed E-state index contributed by atoms with van der Waals surface area (Å²) in [4.78, 5) is 19.0. The van der Waals surface area contributed by atoms with Crippen molar-refractivity contribution in [1.29, 1.82) is 0 Å². The number of pyridine rings is 1. The van der Waals surface area contributed by atoms with E-state index in [2.05, 4.69) is 25.6 Å². The van der Waals surface area contributed by atoms with Gasteiger partial charge in [-0.05, 0) is 59.3 Å². The molecule has 1 unspecified atom stereocenters. The average molecular weight is 396 g/mol. The van der Waals surface area contributed by atoms with Crippen molar-refractivity contribution in [3.63, 3.8) is 0 Å². The molecule has 1 aliphatic heterocycles. The quantitative estimate of drug-likeness (QED) is 0.678. The Kier molecular flexibility index (Phi) is 5.11. The first-order valence-corrected chi connectivity index (χ1v) is 9.69. The van der Waals surface area contributed by atoms with Gasteiger partial charge in [-0.3, -0.25) is 9.78 Å². The van der Waals surface area contributed by atoms with Crippen molar-refractivity contribution < 1.29 is 4.79 Å². The lowest BCUT2D eigenvalue weighted by Crippen LogP contribution is -2.37. The summed E-state index contributed by atoms with van der Waals surface area (Å²) in [5.41, 5.74) is 4.61. The maximum absolute atomic E-state index is 12.9. The van der Waals surface area contributed by atoms with Crippen LogP contribution in [0.1, 0.15) is 21.5 Å². The molecular formula is C21H19ClN3OP. The lowest BCUT2D eigenvalue weighted by Gasteiger charge is -2.28. The number of fused-ring (bicyclic) bond motifs is 1. The van der Waals surface area contributed by atoms with Crippen molar-refractivity contribution in [1.82, 2.24) is 4.98 Å². The Balaban J connectivity index is 1.52. The Morgan fingerprint density at radius 2 is 2.04 bits per heavy atom. The van der Waals surface area contributed by atoms with Crippen molar-refractivity contribution in [3.8, 4) is 0 Å². The van der Waals surface area contributed by atoms with Crippen LogP contribution < -0.4 is 15.5 Å². The molecule has 0 aliphatic carbocycles. The predicted octanol–water partition coefficient (Wildman–Crippen LogP) is 4.05. The minimum absolute atomic E-state index is 0.00413. The van der Waals surface area contributed by atoms with E-state index in [1.54, 1.807) is 23.2 Å². The number of carbonyl (C=O) groups is 1. The van der Waals surface area contributed by atoms with Gasteiger partial charge in [0.15, 0.2) is 0 Å². The molecule has 1 N–H and O–H groups in total. The van der Waals surface area contributed by atoms with Gasteiger partial charge in [0.2, 0.25) is 0 Å². The van der Waals surface area contributed by atoms with Crippen molar-refractivity contribution in [2.24, 2.45) is 0 Å². The van der Waals surface area contributed by atoms with Gasteiger partial charge in [-0.25, -0.2) is 0 Å². The molecule has 1 atom stereocenters. The summed E-state index contributed by atoms with van der Waals surface area (Å²) >= 11 is 6.05. The third-order valence-electron chi connectivity index (χ3n) is 4.62. The van der Waals surface area contributed by atoms with Crippen LogP contribution in [-0.2, 0) is 13.0 Å². The number of nitrogens with zero attached hydrogens (tertiary/aromatic N) is 2. The molecule has 1 aromatic heterocycles. The van der Waals surface area contributed by atoms with Gasteiger partial charge in [0.05, 0.1) is 11.9 Å². The fourth-order valence-electron chi connectivity index (χ4n) is 3.27. The van der Waals surface area contributed by atoms with E-state index in [4.69, 9.17) is 11.6 Å². The zero-order chi connectivity index (χ0) is 18.8. The van der Waals surface area contributed by atoms with Crippen LogP contribution in [0.25, 0.3) is 0 Å². The van der Waals surface area contributed by atoms with Gasteiger partial charge < -0.3 is 10.2 Å². The van der Waals surface area contributed by atoms with Crippen molar-refractivity contribution in [2.75, 3.05) is 16.8 Å². The lowest BCUT2D eigenvalue weighted by molar-refractivity contribution is 0.0980. The van der Waals surface area contributed by atoms with Gasteiger partial charge in [0.1, 0.15) is 0 Å². The molecular weight excluding hydrogens is 377 g/mol. The van der Waals surface area contributed by atoms with E-state index < -0.39 is 0 Å². The predicted molar refractivity (Wildman–Crippen MR) is 114 cm³/mol. The second kappa shape index (κ2) is 7.67. The van der Waals surface area contributed by atoms with Gasteiger partial charge in [-0.2, -0.15) is 0 Å². The van der Waals surface area contributed by atoms with Gasteiger partial charge in [-0.1, -0.05) is 23.7 Å². The summed E-state index contributed by atoms with van der Waals surface area (Å²) in [6, 6.07) is 15.6. The minimum atomic E-state index is -0.00413. The number of nitrogens with one attached hydrogen (secondary N) is 1. The molecule has 0 spiro atoms. The highest BCUT2D eigenvalue weighted by Crippen LogP contribution is 2.26. The normalized spacial score (nSPS) is 13.4. The summed E-state index contributed by atoms with van der Waals surface area (Å²) in [7, 11) is 2.69. The highest BCUT2D eigenvalue weighted by molar-refractivity contribution is 7.27. The molecule has 0 radical (unpaired) electrons. The zero-order valence-electron chi connectivity index (χ0n) is 14.7. The van der Waals surface area contributed by atoms with Crippen LogP contribution in [0.3, 0.4) is 0 Å². The van der Waals surface area contributed by atoms with Gasteiger partial charge in [0, 0.05) is 35.6 Å². The number of benzene rings is 2. The third-order valence-corrected chi connectivity index (χ3v) is 5.22. The maximum atomic E-state index is 12.9. The first-order chi connectivity index (χ1) is 13.1. The minimum Gasteiger partial charge on any atom is -0.381 e. The van der Waals surface area contributed by atoms with Gasteiger partial charge in [0.25, 0.3) is 5.91 Å². The summed E-state index contributed by atoms with van der Waals surface area (Å²) < 4.78 is 0. The van der Waals surface area contributed by atoms with Crippen LogP contribution in [0.2, 0.25) is 5.02 Å². The van der Waals surface area contributed by atoms with Crippen LogP contribution in [-0.4, -0.2) is 17.4 Å². The van der Waals surface area contributed by atoms with Crippen molar-refractivity contribution in [2.45, 2.75) is 13.0 Å². The Morgan fingerprint density at radius 3 is 2.89 bits per heavy atom. The summed E-state index contributed by atoms with van der Waals surface area (Å²) in [5.74, 6) is -0.00413. The van der Waals surface area contributed by atoms with Crippen LogP contribution in [0.15, 0.2) is 60.9 Å². The number of anilines is 2. The number of hydrogen-bond donors (Lipinski definition) is 1. The number of amides is 1. The van der Waals surface area contributed by atoms with E-state index in [9.17, 15) is 4.79 Å². The first kappa shape index (κ1) is 18.0. The van der Waals surface area contributed by atoms with Crippen LogP contribution in [0, 0.1) is 0 Å². The van der Waals surface area contributed by atoms with E-state index in [0.29, 0.717) is 23.7 Å². The molecule has 0 bridgehead atoms. The Labute approximate surface area is 165 Å². The van der Waals surface area contributed by atoms with E-state index >= 15 is 0 Å². The van der Waals surface area contributed by atoms with Crippen molar-refractivity contribution >= 4 is 43.4 Å². The maximum Gasteiger partial charge on any atom is 0.258 e. The highest BCUT2D eigenvalue weighted by atomic mass is 35.5. The van der Waals surface area contributed by atoms with E-state index in [1.165, 1.54) is 0 Å². The summed E-state index contributed by atoms with van der Waals surface area (Å²) in [6.45, 7) is 1.27. The average Bonchev–Trinajstić information content (AvgIpc) is 2.67. The summed E-state index contributed by atoms with van der Waals surface area (Å²) in [6.07, 6.45) is 4.35. The number of carbonyl (C=O) groups excluding carboxylic acids is 1. The molecule has 0 fully saturated rings. The molecule has 4 rings (SSSR count). The highest BCUT2D eigenvalue weighted by Gasteiger charge is 2.25. The second-order valence-electron chi connectivity index (χ2n) is 6.54. The molecule has 27 heavy (non-hydrogen) atoms. The molecule has 0 saturated heterocycles. The molecule has 2 heterocycles. The van der Waals surface area contributed by atoms with Crippen LogP contribution >= 0.6 is 20.8 Å². The largest absolute Gasteiger partial charge is 0.381 e. The van der Waals surface area contributed by atoms with E-state index in [1.807, 2.05) is 36.5 Å². The topological polar surface area (TPSA) is 45.2 Å². The Bertz CT molecular complexity index is 1010. The van der Waals surface area contributed by atoms with E-state index in [-0.39, 0.29) is 5.91 Å². The molecule has 6 heteroatoms. The summed E-state index contributed by atoms with van der Waals surface area (Å²) in [5, 5.41) is 5.19. The van der Waals surface area contributed by atoms with Crippen LogP contribution in [0.4, 0.5) is 11.4 Å². The number of rotatable bonds is 4. The van der Waals surface area contributed by atoms with Crippen LogP contribution in [0.5, 0.6) is 0 Å². The Morgan fingerprint density at radius 1 is 1.15 bits per heavy atom. The van der Waals surface area contributed by atoms with Gasteiger partial charge >= 0.3 is 0 Å². The first-order valence-electron chi connectivity index (χ1n) is 8.74. The monoisotopic (exact) mass is 395 g/mol. The fourth-order valence-corrected chi connectivity index (χ4v) is 3.76. The third kappa shape index (κ3) is 3.97. The second-order valence-corrected chi connectivity index (χ2v) is 7.64. The number of halogens is 1. The molecule has 3 aromatic rings. The van der Waals surface area contributed by atoms with Gasteiger partial charge in [-0.15, -0.1) is 9.24 Å². The molecule has 1 amide bonds. The van der Waals surface area contributed by atoms with E-state index in [0.717, 1.165) is 34.2 Å².